The molecule has 1 amide bonds. The highest BCUT2D eigenvalue weighted by Crippen LogP contribution is 2.32. The van der Waals surface area contributed by atoms with E-state index in [2.05, 4.69) is 35.8 Å². The molecule has 5 heterocycles. The Morgan fingerprint density at radius 3 is 2.83 bits per heavy atom. The van der Waals surface area contributed by atoms with Gasteiger partial charge >= 0.3 is 0 Å². The van der Waals surface area contributed by atoms with Crippen LogP contribution in [0.15, 0.2) is 67.3 Å². The van der Waals surface area contributed by atoms with Crippen molar-refractivity contribution in [3.05, 3.63) is 78.6 Å². The smallest absolute Gasteiger partial charge is 0.262 e. The van der Waals surface area contributed by atoms with Crippen LogP contribution in [0.2, 0.25) is 0 Å². The molecule has 36 heavy (non-hydrogen) atoms. The molecule has 1 saturated heterocycles. The molecule has 11 heteroatoms. The maximum Gasteiger partial charge on any atom is 0.262 e. The van der Waals surface area contributed by atoms with Crippen molar-refractivity contribution < 1.29 is 9.18 Å². The van der Waals surface area contributed by atoms with Gasteiger partial charge in [-0.15, -0.1) is 5.10 Å². The topological polar surface area (TPSA) is 118 Å². The van der Waals surface area contributed by atoms with Crippen LogP contribution < -0.4 is 10.2 Å². The third kappa shape index (κ3) is 3.89. The van der Waals surface area contributed by atoms with Crippen LogP contribution in [0.5, 0.6) is 0 Å². The minimum Gasteiger partial charge on any atom is -0.315 e. The molecule has 0 aliphatic carbocycles. The number of amides is 1. The molecule has 10 nitrogen and oxygen atoms in total. The zero-order chi connectivity index (χ0) is 24.5. The van der Waals surface area contributed by atoms with E-state index in [0.29, 0.717) is 29.2 Å². The van der Waals surface area contributed by atoms with Gasteiger partial charge in [0.2, 0.25) is 0 Å². The highest BCUT2D eigenvalue weighted by Gasteiger charge is 2.32. The summed E-state index contributed by atoms with van der Waals surface area (Å²) in [7, 11) is 0. The molecule has 0 bridgehead atoms. The molecular formula is C25H22FN9O. The molecule has 1 aliphatic rings. The van der Waals surface area contributed by atoms with Crippen LogP contribution in [0.1, 0.15) is 23.2 Å². The summed E-state index contributed by atoms with van der Waals surface area (Å²) in [5.41, 5.74) is 3.00. The molecule has 180 valence electrons. The Morgan fingerprint density at radius 2 is 2.03 bits per heavy atom. The molecule has 0 unspecified atom stereocenters. The first-order valence-electron chi connectivity index (χ1n) is 11.7. The van der Waals surface area contributed by atoms with E-state index >= 15 is 4.39 Å². The van der Waals surface area contributed by atoms with Gasteiger partial charge in [0.25, 0.3) is 5.91 Å². The van der Waals surface area contributed by atoms with Gasteiger partial charge in [-0.1, -0.05) is 5.21 Å². The second-order valence-corrected chi connectivity index (χ2v) is 8.55. The molecule has 2 N–H and O–H groups in total. The van der Waals surface area contributed by atoms with Crippen LogP contribution in [0.4, 0.5) is 10.2 Å². The van der Waals surface area contributed by atoms with E-state index in [9.17, 15) is 4.79 Å². The fourth-order valence-corrected chi connectivity index (χ4v) is 4.58. The fraction of sp³-hybridized carbons (Fsp3) is 0.200. The summed E-state index contributed by atoms with van der Waals surface area (Å²) < 4.78 is 17.0. The Morgan fingerprint density at radius 1 is 1.14 bits per heavy atom. The quantitative estimate of drug-likeness (QED) is 0.394. The summed E-state index contributed by atoms with van der Waals surface area (Å²) in [5.74, 6) is -0.656. The van der Waals surface area contributed by atoms with Crippen LogP contribution in [0.25, 0.3) is 28.0 Å². The van der Waals surface area contributed by atoms with Crippen LogP contribution in [0.3, 0.4) is 0 Å². The zero-order valence-electron chi connectivity index (χ0n) is 19.2. The standard InChI is InChI=1S/C25H22FN9O/c26-21-12-17(35-24-22(32-33-35)6-3-11-29-24)7-8-20(21)25(36)34(18-4-1-9-27-15-18)23-19(5-2-10-28-23)16-13-30-31-14-16/h2-3,5-8,10-14,18,27H,1,4,9,15H2,(H,30,31)/t18-/m1/s1. The molecule has 1 aliphatic heterocycles. The Balaban J connectivity index is 1.41. The second kappa shape index (κ2) is 9.27. The van der Waals surface area contributed by atoms with Gasteiger partial charge in [0.1, 0.15) is 17.2 Å². The number of carbonyl (C=O) groups is 1. The summed E-state index contributed by atoms with van der Waals surface area (Å²) in [4.78, 5) is 24.4. The molecule has 1 fully saturated rings. The van der Waals surface area contributed by atoms with Crippen molar-refractivity contribution in [3.8, 4) is 16.8 Å². The van der Waals surface area contributed by atoms with E-state index in [1.165, 1.54) is 16.8 Å². The number of rotatable bonds is 5. The van der Waals surface area contributed by atoms with Gasteiger partial charge in [0.15, 0.2) is 5.65 Å². The average molecular weight is 484 g/mol. The molecule has 6 rings (SSSR count). The predicted molar refractivity (Wildman–Crippen MR) is 131 cm³/mol. The monoisotopic (exact) mass is 483 g/mol. The Kier molecular flexibility index (Phi) is 5.66. The van der Waals surface area contributed by atoms with Crippen molar-refractivity contribution in [2.45, 2.75) is 18.9 Å². The van der Waals surface area contributed by atoms with Gasteiger partial charge in [-0.2, -0.15) is 9.78 Å². The minimum absolute atomic E-state index is 0.0505. The van der Waals surface area contributed by atoms with Crippen molar-refractivity contribution >= 4 is 22.9 Å². The molecular weight excluding hydrogens is 461 g/mol. The van der Waals surface area contributed by atoms with Crippen molar-refractivity contribution in [3.63, 3.8) is 0 Å². The lowest BCUT2D eigenvalue weighted by atomic mass is 10.0. The van der Waals surface area contributed by atoms with Gasteiger partial charge in [-0.05, 0) is 55.8 Å². The number of nitrogens with zero attached hydrogens (tertiary/aromatic N) is 7. The second-order valence-electron chi connectivity index (χ2n) is 8.55. The third-order valence-electron chi connectivity index (χ3n) is 6.32. The summed E-state index contributed by atoms with van der Waals surface area (Å²) in [6, 6.07) is 11.4. The Bertz CT molecular complexity index is 1530. The third-order valence-corrected chi connectivity index (χ3v) is 6.32. The summed E-state index contributed by atoms with van der Waals surface area (Å²) in [5, 5.41) is 18.4. The summed E-state index contributed by atoms with van der Waals surface area (Å²) >= 11 is 0. The van der Waals surface area contributed by atoms with E-state index in [-0.39, 0.29) is 11.6 Å². The number of carbonyl (C=O) groups excluding carboxylic acids is 1. The number of pyridine rings is 2. The number of H-pyrrole nitrogens is 1. The molecule has 0 radical (unpaired) electrons. The number of benzene rings is 1. The number of fused-ring (bicyclic) bond motifs is 1. The van der Waals surface area contributed by atoms with Gasteiger partial charge in [0, 0.05) is 42.3 Å². The van der Waals surface area contributed by atoms with Crippen LogP contribution in [0, 0.1) is 5.82 Å². The number of aromatic amines is 1. The van der Waals surface area contributed by atoms with E-state index in [0.717, 1.165) is 30.5 Å². The number of hydrogen-bond donors (Lipinski definition) is 2. The van der Waals surface area contributed by atoms with Gasteiger partial charge in [-0.3, -0.25) is 14.8 Å². The molecule has 5 aromatic rings. The van der Waals surface area contributed by atoms with Crippen LogP contribution in [-0.4, -0.2) is 60.2 Å². The first kappa shape index (κ1) is 22.0. The number of nitrogens with one attached hydrogen (secondary N) is 2. The van der Waals surface area contributed by atoms with Crippen LogP contribution in [-0.2, 0) is 0 Å². The first-order valence-corrected chi connectivity index (χ1v) is 11.7. The van der Waals surface area contributed by atoms with E-state index in [1.807, 2.05) is 6.07 Å². The maximum absolute atomic E-state index is 15.5. The van der Waals surface area contributed by atoms with Crippen molar-refractivity contribution in [1.29, 1.82) is 0 Å². The molecule has 0 spiro atoms. The first-order chi connectivity index (χ1) is 17.7. The van der Waals surface area contributed by atoms with Crippen molar-refractivity contribution in [2.24, 2.45) is 0 Å². The highest BCUT2D eigenvalue weighted by atomic mass is 19.1. The number of aromatic nitrogens is 7. The zero-order valence-corrected chi connectivity index (χ0v) is 19.2. The largest absolute Gasteiger partial charge is 0.315 e. The molecule has 1 aromatic carbocycles. The van der Waals surface area contributed by atoms with Crippen molar-refractivity contribution in [1.82, 2.24) is 40.5 Å². The fourth-order valence-electron chi connectivity index (χ4n) is 4.58. The average Bonchev–Trinajstić information content (AvgIpc) is 3.60. The Hall–Kier alpha value is -4.51. The highest BCUT2D eigenvalue weighted by molar-refractivity contribution is 6.08. The normalized spacial score (nSPS) is 15.8. The number of anilines is 1. The SMILES string of the molecule is O=C(c1ccc(-n2nnc3cccnc32)cc1F)N(c1ncccc1-c1cn[nH]c1)[C@@H]1CCCNC1. The van der Waals surface area contributed by atoms with E-state index in [1.54, 1.807) is 54.0 Å². The van der Waals surface area contributed by atoms with Gasteiger partial charge in [-0.25, -0.2) is 14.4 Å². The summed E-state index contributed by atoms with van der Waals surface area (Å²) in [6.45, 7) is 1.46. The number of piperidine rings is 1. The maximum atomic E-state index is 15.5. The summed E-state index contributed by atoms with van der Waals surface area (Å²) in [6.07, 6.45) is 8.35. The lowest BCUT2D eigenvalue weighted by Crippen LogP contribution is -2.49. The lowest BCUT2D eigenvalue weighted by Gasteiger charge is -2.35. The van der Waals surface area contributed by atoms with Crippen molar-refractivity contribution in [2.75, 3.05) is 18.0 Å². The van der Waals surface area contributed by atoms with Gasteiger partial charge < -0.3 is 5.32 Å². The Labute approximate surface area is 205 Å². The van der Waals surface area contributed by atoms with E-state index < -0.39 is 11.7 Å². The van der Waals surface area contributed by atoms with Crippen LogP contribution >= 0.6 is 0 Å². The minimum atomic E-state index is -0.661. The van der Waals surface area contributed by atoms with Gasteiger partial charge in [0.05, 0.1) is 23.5 Å². The predicted octanol–water partition coefficient (Wildman–Crippen LogP) is 3.14. The number of halogens is 1. The van der Waals surface area contributed by atoms with E-state index in [4.69, 9.17) is 0 Å². The lowest BCUT2D eigenvalue weighted by molar-refractivity contribution is 0.0967. The molecule has 0 saturated carbocycles. The molecule has 4 aromatic heterocycles. The molecule has 1 atom stereocenters. The number of hydrogen-bond acceptors (Lipinski definition) is 7.